The van der Waals surface area contributed by atoms with Crippen LogP contribution in [0.4, 0.5) is 34.1 Å². The van der Waals surface area contributed by atoms with Gasteiger partial charge in [0.15, 0.2) is 0 Å². The molecule has 2 heterocycles. The lowest BCUT2D eigenvalue weighted by atomic mass is 9.72. The van der Waals surface area contributed by atoms with Gasteiger partial charge in [-0.15, -0.1) is 0 Å². The van der Waals surface area contributed by atoms with E-state index in [0.29, 0.717) is 5.92 Å². The van der Waals surface area contributed by atoms with Crippen LogP contribution in [0.5, 0.6) is 0 Å². The van der Waals surface area contributed by atoms with E-state index in [9.17, 15) is 0 Å². The zero-order valence-corrected chi connectivity index (χ0v) is 43.7. The molecule has 0 spiro atoms. The molecule has 0 aromatic heterocycles. The Morgan fingerprint density at radius 1 is 0.387 bits per heavy atom. The van der Waals surface area contributed by atoms with Crippen molar-refractivity contribution in [1.29, 1.82) is 0 Å². The van der Waals surface area contributed by atoms with Crippen LogP contribution >= 0.6 is 0 Å². The number of anilines is 6. The van der Waals surface area contributed by atoms with Gasteiger partial charge in [-0.3, -0.25) is 0 Å². The van der Waals surface area contributed by atoms with Gasteiger partial charge in [-0.25, -0.2) is 0 Å². The number of rotatable bonds is 6. The number of nitrogens with zero attached hydrogens (tertiary/aromatic N) is 2. The minimum absolute atomic E-state index is 0.0323. The van der Waals surface area contributed by atoms with Crippen LogP contribution in [0.15, 0.2) is 236 Å². The van der Waals surface area contributed by atoms with Crippen LogP contribution in [0.2, 0.25) is 0 Å². The average Bonchev–Trinajstić information content (AvgIpc) is 3.66. The Morgan fingerprint density at radius 2 is 0.787 bits per heavy atom. The van der Waals surface area contributed by atoms with E-state index in [1.807, 2.05) is 0 Å². The van der Waals surface area contributed by atoms with Crippen molar-refractivity contribution in [2.45, 2.75) is 64.2 Å². The molecular formula is C73H60N2. The number of hydrogen-bond acceptors (Lipinski definition) is 2. The lowest BCUT2D eigenvalue weighted by Crippen LogP contribution is -2.30. The molecule has 75 heavy (non-hydrogen) atoms. The standard InChI is InChI=1S/C73H60N2/c1-71(2)59-23-11-15-27-65(59)74(66-28-16-12-24-60(66)71)51-40-38-50(39-41-51)70-57-21-9-7-19-55(57)69(56-20-8-10-22-58(56)70)49-36-33-47(34-37-49)31-32-48-35-43-53-54-44-42-52(46-64(54)73(5,6)63(53)45-48)75-67-29-17-13-25-61(67)72(3,4)62-26-14-18-30-68(62)75/h7-44,46,63H,45H2,1-6H3/b32-31+. The first-order valence-electron chi connectivity index (χ1n) is 26.8. The van der Waals surface area contributed by atoms with Crippen molar-refractivity contribution in [3.05, 3.63) is 275 Å². The maximum atomic E-state index is 2.50. The van der Waals surface area contributed by atoms with Crippen molar-refractivity contribution in [3.63, 3.8) is 0 Å². The summed E-state index contributed by atoms with van der Waals surface area (Å²) in [4.78, 5) is 4.94. The van der Waals surface area contributed by atoms with Crippen molar-refractivity contribution < 1.29 is 0 Å². The molecule has 2 nitrogen and oxygen atoms in total. The molecule has 10 aromatic rings. The van der Waals surface area contributed by atoms with E-state index in [0.717, 1.165) is 12.1 Å². The molecule has 0 N–H and O–H groups in total. The summed E-state index contributed by atoms with van der Waals surface area (Å²) in [7, 11) is 0. The first-order chi connectivity index (χ1) is 36.5. The molecule has 10 aromatic carbocycles. The summed E-state index contributed by atoms with van der Waals surface area (Å²) in [6.07, 6.45) is 10.4. The molecule has 2 heteroatoms. The average molecular weight is 965 g/mol. The van der Waals surface area contributed by atoms with Crippen LogP contribution in [-0.4, -0.2) is 0 Å². The third-order valence-corrected chi connectivity index (χ3v) is 17.7. The molecule has 0 fully saturated rings. The van der Waals surface area contributed by atoms with Crippen molar-refractivity contribution >= 4 is 67.3 Å². The van der Waals surface area contributed by atoms with Crippen LogP contribution < -0.4 is 9.80 Å². The van der Waals surface area contributed by atoms with Crippen molar-refractivity contribution in [1.82, 2.24) is 0 Å². The van der Waals surface area contributed by atoms with Crippen LogP contribution in [0.1, 0.15) is 86.9 Å². The Kier molecular flexibility index (Phi) is 10.1. The van der Waals surface area contributed by atoms with Crippen LogP contribution in [0.3, 0.4) is 0 Å². The van der Waals surface area contributed by atoms with E-state index < -0.39 is 0 Å². The van der Waals surface area contributed by atoms with Crippen molar-refractivity contribution in [2.75, 3.05) is 9.80 Å². The topological polar surface area (TPSA) is 6.48 Å². The van der Waals surface area contributed by atoms with E-state index in [2.05, 4.69) is 288 Å². The minimum Gasteiger partial charge on any atom is -0.310 e. The zero-order valence-electron chi connectivity index (χ0n) is 43.7. The molecule has 362 valence electrons. The normalized spacial score (nSPS) is 17.4. The second-order valence-electron chi connectivity index (χ2n) is 22.9. The Bertz CT molecular complexity index is 3910. The Labute approximate surface area is 442 Å². The van der Waals surface area contributed by atoms with E-state index in [1.165, 1.54) is 122 Å². The first kappa shape index (κ1) is 45.2. The molecule has 2 aliphatic heterocycles. The van der Waals surface area contributed by atoms with Crippen LogP contribution in [0.25, 0.3) is 55.4 Å². The Balaban J connectivity index is 0.754. The maximum Gasteiger partial charge on any atom is 0.0502 e. The Morgan fingerprint density at radius 3 is 1.25 bits per heavy atom. The zero-order chi connectivity index (χ0) is 50.8. The third-order valence-electron chi connectivity index (χ3n) is 17.7. The second-order valence-corrected chi connectivity index (χ2v) is 22.9. The number of fused-ring (bicyclic) bond motifs is 9. The van der Waals surface area contributed by atoms with Gasteiger partial charge in [-0.2, -0.15) is 0 Å². The number of allylic oxidation sites excluding steroid dienone is 5. The van der Waals surface area contributed by atoms with Crippen molar-refractivity contribution in [2.24, 2.45) is 5.92 Å². The summed E-state index contributed by atoms with van der Waals surface area (Å²) in [6, 6.07) is 79.4. The maximum absolute atomic E-state index is 2.50. The van der Waals surface area contributed by atoms with Gasteiger partial charge in [-0.1, -0.05) is 230 Å². The third kappa shape index (κ3) is 6.85. The molecule has 0 amide bonds. The van der Waals surface area contributed by atoms with E-state index >= 15 is 0 Å². The van der Waals surface area contributed by atoms with Gasteiger partial charge in [0.05, 0.1) is 22.7 Å². The Hall–Kier alpha value is -8.46. The summed E-state index contributed by atoms with van der Waals surface area (Å²) in [5.74, 6) is 0.398. The number of para-hydroxylation sites is 4. The van der Waals surface area contributed by atoms with Gasteiger partial charge in [-0.05, 0) is 160 Å². The van der Waals surface area contributed by atoms with Gasteiger partial charge in [0.2, 0.25) is 0 Å². The quantitative estimate of drug-likeness (QED) is 0.153. The van der Waals surface area contributed by atoms with E-state index in [1.54, 1.807) is 0 Å². The smallest absolute Gasteiger partial charge is 0.0502 e. The van der Waals surface area contributed by atoms with Crippen LogP contribution in [0, 0.1) is 5.92 Å². The SMILES string of the molecule is CC1(C)c2ccccc2N(c2ccc(-c3c4ccccc4c(-c4ccc(/C=C/C5=CC=C6c7ccc(N8c9ccccc9C(C)(C)c9ccccc98)cc7C(C)(C)C6C5)cc4)c4ccccc34)cc2)c2ccccc21. The summed E-state index contributed by atoms with van der Waals surface area (Å²) in [5, 5.41) is 5.04. The fraction of sp³-hybridized carbons (Fsp3) is 0.151. The monoisotopic (exact) mass is 964 g/mol. The highest BCUT2D eigenvalue weighted by Crippen LogP contribution is 2.58. The molecule has 0 saturated carbocycles. The van der Waals surface area contributed by atoms with Gasteiger partial charge in [0.1, 0.15) is 0 Å². The molecule has 4 aliphatic rings. The van der Waals surface area contributed by atoms with Gasteiger partial charge in [0.25, 0.3) is 0 Å². The summed E-state index contributed by atoms with van der Waals surface area (Å²) in [6.45, 7) is 14.3. The highest BCUT2D eigenvalue weighted by atomic mass is 15.2. The highest BCUT2D eigenvalue weighted by molar-refractivity contribution is 6.21. The van der Waals surface area contributed by atoms with Crippen molar-refractivity contribution in [3.8, 4) is 22.3 Å². The molecule has 1 unspecified atom stereocenters. The lowest BCUT2D eigenvalue weighted by Gasteiger charge is -2.42. The molecule has 2 aliphatic carbocycles. The molecule has 1 atom stereocenters. The highest BCUT2D eigenvalue weighted by Gasteiger charge is 2.45. The molecule has 14 rings (SSSR count). The summed E-state index contributed by atoms with van der Waals surface area (Å²) >= 11 is 0. The largest absolute Gasteiger partial charge is 0.310 e. The van der Waals surface area contributed by atoms with Gasteiger partial charge < -0.3 is 9.80 Å². The minimum atomic E-state index is -0.0985. The molecule has 0 bridgehead atoms. The molecule has 0 radical (unpaired) electrons. The van der Waals surface area contributed by atoms with E-state index in [-0.39, 0.29) is 16.2 Å². The number of hydrogen-bond donors (Lipinski definition) is 0. The van der Waals surface area contributed by atoms with Crippen LogP contribution in [-0.2, 0) is 16.2 Å². The van der Waals surface area contributed by atoms with Gasteiger partial charge in [0, 0.05) is 22.2 Å². The number of benzene rings is 10. The molecule has 0 saturated heterocycles. The second kappa shape index (κ2) is 16.8. The summed E-state index contributed by atoms with van der Waals surface area (Å²) in [5.41, 5.74) is 24.4. The first-order valence-corrected chi connectivity index (χ1v) is 26.8. The predicted molar refractivity (Wildman–Crippen MR) is 319 cm³/mol. The fourth-order valence-corrected chi connectivity index (χ4v) is 13.8. The summed E-state index contributed by atoms with van der Waals surface area (Å²) < 4.78 is 0. The fourth-order valence-electron chi connectivity index (χ4n) is 13.8. The lowest BCUT2D eigenvalue weighted by molar-refractivity contribution is 0.410. The van der Waals surface area contributed by atoms with E-state index in [4.69, 9.17) is 0 Å². The predicted octanol–water partition coefficient (Wildman–Crippen LogP) is 19.9. The molecular weight excluding hydrogens is 905 g/mol. The van der Waals surface area contributed by atoms with Gasteiger partial charge >= 0.3 is 0 Å².